The number of piperidine rings is 1. The molecule has 1 heterocycles. The van der Waals surface area contributed by atoms with Gasteiger partial charge in [0.15, 0.2) is 0 Å². The third-order valence-electron chi connectivity index (χ3n) is 4.35. The minimum absolute atomic E-state index is 0.371. The zero-order valence-electron chi connectivity index (χ0n) is 13.9. The van der Waals surface area contributed by atoms with Gasteiger partial charge in [0.1, 0.15) is 0 Å². The van der Waals surface area contributed by atoms with Crippen LogP contribution in [-0.4, -0.2) is 55.5 Å². The molecule has 0 aliphatic carbocycles. The Morgan fingerprint density at radius 2 is 2.04 bits per heavy atom. The average molecular weight is 317 g/mol. The van der Waals surface area contributed by atoms with Gasteiger partial charge in [0.2, 0.25) is 0 Å². The zero-order chi connectivity index (χ0) is 16.5. The van der Waals surface area contributed by atoms with Crippen LogP contribution in [0.3, 0.4) is 0 Å². The van der Waals surface area contributed by atoms with Gasteiger partial charge in [-0.3, -0.25) is 4.90 Å². The normalized spacial score (nSPS) is 17.8. The molecule has 1 aliphatic heterocycles. The molecule has 5 nitrogen and oxygen atoms in total. The van der Waals surface area contributed by atoms with Crippen LogP contribution in [0, 0.1) is 11.3 Å². The van der Waals surface area contributed by atoms with Gasteiger partial charge in [-0.05, 0) is 56.6 Å². The summed E-state index contributed by atoms with van der Waals surface area (Å²) in [5.74, 6) is 0. The van der Waals surface area contributed by atoms with Crippen molar-refractivity contribution in [1.29, 1.82) is 5.26 Å². The highest BCUT2D eigenvalue weighted by molar-refractivity contribution is 5.31. The lowest BCUT2D eigenvalue weighted by Crippen LogP contribution is -2.43. The molecule has 2 N–H and O–H groups in total. The van der Waals surface area contributed by atoms with E-state index < -0.39 is 0 Å². The number of nitrogens with zero attached hydrogens (tertiary/aromatic N) is 2. The Morgan fingerprint density at radius 3 is 2.65 bits per heavy atom. The molecular formula is C18H27N3O2. The van der Waals surface area contributed by atoms with E-state index in [1.807, 2.05) is 24.3 Å². The molecule has 1 aromatic carbocycles. The fraction of sp³-hybridized carbons (Fsp3) is 0.611. The van der Waals surface area contributed by atoms with Crippen molar-refractivity contribution >= 4 is 0 Å². The highest BCUT2D eigenvalue weighted by Gasteiger charge is 2.18. The summed E-state index contributed by atoms with van der Waals surface area (Å²) in [4.78, 5) is 2.46. The summed E-state index contributed by atoms with van der Waals surface area (Å²) in [6.07, 6.45) is 2.64. The van der Waals surface area contributed by atoms with Crippen molar-refractivity contribution in [2.75, 3.05) is 33.4 Å². The van der Waals surface area contributed by atoms with Crippen LogP contribution in [0.25, 0.3) is 0 Å². The summed E-state index contributed by atoms with van der Waals surface area (Å²) in [5, 5.41) is 22.0. The largest absolute Gasteiger partial charge is 0.391 e. The molecular weight excluding hydrogens is 290 g/mol. The first kappa shape index (κ1) is 17.9. The van der Waals surface area contributed by atoms with Crippen LogP contribution in [0.5, 0.6) is 0 Å². The Balaban J connectivity index is 1.64. The smallest absolute Gasteiger partial charge is 0.0991 e. The van der Waals surface area contributed by atoms with E-state index in [4.69, 9.17) is 10.00 Å². The summed E-state index contributed by atoms with van der Waals surface area (Å²) in [7, 11) is 1.61. The molecule has 0 bridgehead atoms. The fourth-order valence-corrected chi connectivity index (χ4v) is 2.97. The van der Waals surface area contributed by atoms with Gasteiger partial charge in [-0.15, -0.1) is 0 Å². The van der Waals surface area contributed by atoms with Crippen molar-refractivity contribution in [2.24, 2.45) is 0 Å². The first-order chi connectivity index (χ1) is 11.2. The lowest BCUT2D eigenvalue weighted by Gasteiger charge is -2.32. The lowest BCUT2D eigenvalue weighted by molar-refractivity contribution is 0.0583. The van der Waals surface area contributed by atoms with E-state index in [2.05, 4.69) is 16.3 Å². The molecule has 0 radical (unpaired) electrons. The highest BCUT2D eigenvalue weighted by atomic mass is 16.5. The van der Waals surface area contributed by atoms with Crippen molar-refractivity contribution in [3.63, 3.8) is 0 Å². The van der Waals surface area contributed by atoms with Gasteiger partial charge in [0.25, 0.3) is 0 Å². The van der Waals surface area contributed by atoms with E-state index >= 15 is 0 Å². The predicted octanol–water partition coefficient (Wildman–Crippen LogP) is 1.51. The van der Waals surface area contributed by atoms with Crippen LogP contribution in [0.15, 0.2) is 24.3 Å². The molecule has 1 aromatic rings. The van der Waals surface area contributed by atoms with Crippen LogP contribution in [-0.2, 0) is 11.3 Å². The Kier molecular flexibility index (Phi) is 7.50. The van der Waals surface area contributed by atoms with Gasteiger partial charge in [-0.25, -0.2) is 0 Å². The molecule has 1 atom stereocenters. The molecule has 1 saturated heterocycles. The Labute approximate surface area is 138 Å². The average Bonchev–Trinajstić information content (AvgIpc) is 2.57. The molecule has 1 aliphatic rings. The maximum atomic E-state index is 9.63. The predicted molar refractivity (Wildman–Crippen MR) is 90.0 cm³/mol. The summed E-state index contributed by atoms with van der Waals surface area (Å²) < 4.78 is 4.93. The third-order valence-corrected chi connectivity index (χ3v) is 4.35. The fourth-order valence-electron chi connectivity index (χ4n) is 2.97. The summed E-state index contributed by atoms with van der Waals surface area (Å²) in [6, 6.07) is 10.5. The third kappa shape index (κ3) is 6.28. The standard InChI is InChI=1S/C18H27N3O2/c1-23-14-18(22)6-9-20-17-7-10-21(11-8-17)13-16-4-2-15(12-19)3-5-16/h2-5,17-18,20,22H,6-11,13-14H2,1H3. The van der Waals surface area contributed by atoms with E-state index in [1.54, 1.807) is 7.11 Å². The topological polar surface area (TPSA) is 68.5 Å². The number of ether oxygens (including phenoxy) is 1. The monoisotopic (exact) mass is 317 g/mol. The quantitative estimate of drug-likeness (QED) is 0.761. The number of rotatable bonds is 8. The van der Waals surface area contributed by atoms with Crippen molar-refractivity contribution in [2.45, 2.75) is 38.0 Å². The van der Waals surface area contributed by atoms with E-state index in [9.17, 15) is 5.11 Å². The van der Waals surface area contributed by atoms with E-state index in [1.165, 1.54) is 5.56 Å². The molecule has 23 heavy (non-hydrogen) atoms. The minimum Gasteiger partial charge on any atom is -0.391 e. The highest BCUT2D eigenvalue weighted by Crippen LogP contribution is 2.14. The van der Waals surface area contributed by atoms with Crippen LogP contribution in [0.4, 0.5) is 0 Å². The van der Waals surface area contributed by atoms with Gasteiger partial charge >= 0.3 is 0 Å². The molecule has 0 spiro atoms. The zero-order valence-corrected chi connectivity index (χ0v) is 13.9. The van der Waals surface area contributed by atoms with Crippen molar-refractivity contribution < 1.29 is 9.84 Å². The van der Waals surface area contributed by atoms with Crippen molar-refractivity contribution in [3.8, 4) is 6.07 Å². The number of nitrogens with one attached hydrogen (secondary N) is 1. The number of likely N-dealkylation sites (tertiary alicyclic amines) is 1. The van der Waals surface area contributed by atoms with E-state index in [0.717, 1.165) is 45.4 Å². The lowest BCUT2D eigenvalue weighted by atomic mass is 10.0. The number of aliphatic hydroxyl groups is 1. The van der Waals surface area contributed by atoms with Crippen molar-refractivity contribution in [1.82, 2.24) is 10.2 Å². The maximum absolute atomic E-state index is 9.63. The second-order valence-electron chi connectivity index (χ2n) is 6.21. The first-order valence-electron chi connectivity index (χ1n) is 8.33. The van der Waals surface area contributed by atoms with Crippen LogP contribution >= 0.6 is 0 Å². The molecule has 5 heteroatoms. The molecule has 126 valence electrons. The van der Waals surface area contributed by atoms with Gasteiger partial charge in [-0.2, -0.15) is 5.26 Å². The van der Waals surface area contributed by atoms with Crippen LogP contribution < -0.4 is 5.32 Å². The molecule has 1 unspecified atom stereocenters. The number of nitriles is 1. The number of hydrogen-bond donors (Lipinski definition) is 2. The molecule has 1 fully saturated rings. The number of benzene rings is 1. The number of aliphatic hydroxyl groups excluding tert-OH is 1. The van der Waals surface area contributed by atoms with Crippen molar-refractivity contribution in [3.05, 3.63) is 35.4 Å². The summed E-state index contributed by atoms with van der Waals surface area (Å²) in [6.45, 7) is 4.36. The van der Waals surface area contributed by atoms with Crippen LogP contribution in [0.2, 0.25) is 0 Å². The summed E-state index contributed by atoms with van der Waals surface area (Å²) in [5.41, 5.74) is 1.98. The molecule has 0 saturated carbocycles. The number of hydrogen-bond acceptors (Lipinski definition) is 5. The Morgan fingerprint density at radius 1 is 1.35 bits per heavy atom. The second kappa shape index (κ2) is 9.64. The van der Waals surface area contributed by atoms with Gasteiger partial charge in [0, 0.05) is 19.7 Å². The molecule has 0 aromatic heterocycles. The van der Waals surface area contributed by atoms with Gasteiger partial charge in [0.05, 0.1) is 24.3 Å². The second-order valence-corrected chi connectivity index (χ2v) is 6.21. The van der Waals surface area contributed by atoms with Gasteiger partial charge in [-0.1, -0.05) is 12.1 Å². The Hall–Kier alpha value is -1.45. The van der Waals surface area contributed by atoms with Crippen LogP contribution in [0.1, 0.15) is 30.4 Å². The summed E-state index contributed by atoms with van der Waals surface area (Å²) >= 11 is 0. The SMILES string of the molecule is COCC(O)CCNC1CCN(Cc2ccc(C#N)cc2)CC1. The first-order valence-corrected chi connectivity index (χ1v) is 8.33. The number of methoxy groups -OCH3 is 1. The van der Waals surface area contributed by atoms with E-state index in [-0.39, 0.29) is 6.10 Å². The maximum Gasteiger partial charge on any atom is 0.0991 e. The minimum atomic E-state index is -0.371. The van der Waals surface area contributed by atoms with Gasteiger partial charge < -0.3 is 15.2 Å². The molecule has 0 amide bonds. The van der Waals surface area contributed by atoms with E-state index in [0.29, 0.717) is 18.2 Å². The Bertz CT molecular complexity index is 490. The molecule has 2 rings (SSSR count).